The van der Waals surface area contributed by atoms with Crippen LogP contribution in [0.5, 0.6) is 0 Å². The highest BCUT2D eigenvalue weighted by Gasteiger charge is 2.04. The predicted octanol–water partition coefficient (Wildman–Crippen LogP) is 2.87. The molecule has 1 heterocycles. The molecule has 0 aliphatic heterocycles. The maximum Gasteiger partial charge on any atom is 0.305 e. The predicted molar refractivity (Wildman–Crippen MR) is 73.8 cm³/mol. The quantitative estimate of drug-likeness (QED) is 0.615. The minimum Gasteiger partial charge on any atom is -0.466 e. The molecule has 1 N–H and O–H groups in total. The standard InChI is InChI=1S/C15H19NO3/c1-2-18-15(17)8-5-9-16-10-12-11-19-14-7-4-3-6-13(12)14/h3-4,6-7,11,16H,2,5,8-10H2,1H3. The van der Waals surface area contributed by atoms with Gasteiger partial charge in [0.15, 0.2) is 0 Å². The molecule has 4 heteroatoms. The molecular weight excluding hydrogens is 242 g/mol. The van der Waals surface area contributed by atoms with Crippen molar-refractivity contribution in [2.75, 3.05) is 13.2 Å². The maximum absolute atomic E-state index is 11.1. The number of hydrogen-bond donors (Lipinski definition) is 1. The van der Waals surface area contributed by atoms with Crippen LogP contribution in [0.25, 0.3) is 11.0 Å². The summed E-state index contributed by atoms with van der Waals surface area (Å²) in [5.74, 6) is -0.127. The highest BCUT2D eigenvalue weighted by molar-refractivity contribution is 5.80. The van der Waals surface area contributed by atoms with Crippen molar-refractivity contribution >= 4 is 16.9 Å². The highest BCUT2D eigenvalue weighted by atomic mass is 16.5. The molecule has 0 aliphatic carbocycles. The zero-order chi connectivity index (χ0) is 13.5. The summed E-state index contributed by atoms with van der Waals surface area (Å²) in [5, 5.41) is 4.45. The van der Waals surface area contributed by atoms with Crippen molar-refractivity contribution in [3.63, 3.8) is 0 Å². The molecule has 102 valence electrons. The number of carbonyl (C=O) groups is 1. The second-order valence-electron chi connectivity index (χ2n) is 4.34. The molecule has 0 amide bonds. The lowest BCUT2D eigenvalue weighted by molar-refractivity contribution is -0.143. The van der Waals surface area contributed by atoms with Crippen molar-refractivity contribution in [3.05, 3.63) is 36.1 Å². The van der Waals surface area contributed by atoms with E-state index in [1.165, 1.54) is 0 Å². The smallest absolute Gasteiger partial charge is 0.305 e. The average molecular weight is 261 g/mol. The lowest BCUT2D eigenvalue weighted by Crippen LogP contribution is -2.16. The van der Waals surface area contributed by atoms with E-state index in [0.29, 0.717) is 13.0 Å². The van der Waals surface area contributed by atoms with E-state index in [9.17, 15) is 4.79 Å². The van der Waals surface area contributed by atoms with Crippen molar-refractivity contribution in [1.29, 1.82) is 0 Å². The van der Waals surface area contributed by atoms with Gasteiger partial charge in [0.25, 0.3) is 0 Å². The van der Waals surface area contributed by atoms with Crippen LogP contribution in [-0.2, 0) is 16.1 Å². The second kappa shape index (κ2) is 6.95. The third kappa shape index (κ3) is 3.83. The molecule has 0 spiro atoms. The Labute approximate surface area is 112 Å². The number of ether oxygens (including phenoxy) is 1. The Bertz CT molecular complexity index is 533. The van der Waals surface area contributed by atoms with Gasteiger partial charge in [0.2, 0.25) is 0 Å². The zero-order valence-electron chi connectivity index (χ0n) is 11.1. The number of fused-ring (bicyclic) bond motifs is 1. The summed E-state index contributed by atoms with van der Waals surface area (Å²) < 4.78 is 10.3. The molecule has 0 fully saturated rings. The van der Waals surface area contributed by atoms with E-state index < -0.39 is 0 Å². The van der Waals surface area contributed by atoms with E-state index in [1.54, 1.807) is 6.26 Å². The molecule has 0 bridgehead atoms. The van der Waals surface area contributed by atoms with E-state index >= 15 is 0 Å². The first-order valence-corrected chi connectivity index (χ1v) is 6.62. The van der Waals surface area contributed by atoms with Crippen LogP contribution in [0.3, 0.4) is 0 Å². The summed E-state index contributed by atoms with van der Waals surface area (Å²) in [6, 6.07) is 7.97. The number of rotatable bonds is 7. The van der Waals surface area contributed by atoms with Crippen molar-refractivity contribution in [1.82, 2.24) is 5.32 Å². The maximum atomic E-state index is 11.1. The van der Waals surface area contributed by atoms with Crippen LogP contribution in [0.1, 0.15) is 25.3 Å². The largest absolute Gasteiger partial charge is 0.466 e. The summed E-state index contributed by atoms with van der Waals surface area (Å²) >= 11 is 0. The van der Waals surface area contributed by atoms with E-state index in [1.807, 2.05) is 25.1 Å². The molecule has 0 saturated carbocycles. The number of esters is 1. The molecule has 0 saturated heterocycles. The van der Waals surface area contributed by atoms with E-state index in [4.69, 9.17) is 9.15 Å². The summed E-state index contributed by atoms with van der Waals surface area (Å²) in [5.41, 5.74) is 2.05. The summed E-state index contributed by atoms with van der Waals surface area (Å²) in [6.07, 6.45) is 3.03. The summed E-state index contributed by atoms with van der Waals surface area (Å²) in [6.45, 7) is 3.81. The van der Waals surface area contributed by atoms with Crippen molar-refractivity contribution < 1.29 is 13.9 Å². The fraction of sp³-hybridized carbons (Fsp3) is 0.400. The Morgan fingerprint density at radius 3 is 3.05 bits per heavy atom. The van der Waals surface area contributed by atoms with Gasteiger partial charge in [-0.2, -0.15) is 0 Å². The van der Waals surface area contributed by atoms with Crippen LogP contribution in [0.15, 0.2) is 34.9 Å². The zero-order valence-corrected chi connectivity index (χ0v) is 11.1. The molecule has 2 rings (SSSR count). The van der Waals surface area contributed by atoms with E-state index in [-0.39, 0.29) is 5.97 Å². The minimum absolute atomic E-state index is 0.127. The SMILES string of the molecule is CCOC(=O)CCCNCc1coc2ccccc12. The van der Waals surface area contributed by atoms with Crippen molar-refractivity contribution in [2.24, 2.45) is 0 Å². The van der Waals surface area contributed by atoms with E-state index in [0.717, 1.165) is 36.0 Å². The van der Waals surface area contributed by atoms with Crippen LogP contribution in [-0.4, -0.2) is 19.1 Å². The average Bonchev–Trinajstić information content (AvgIpc) is 2.82. The Morgan fingerprint density at radius 1 is 1.37 bits per heavy atom. The van der Waals surface area contributed by atoms with Gasteiger partial charge in [0.05, 0.1) is 12.9 Å². The van der Waals surface area contributed by atoms with Gasteiger partial charge in [-0.05, 0) is 26.0 Å². The third-order valence-electron chi connectivity index (χ3n) is 2.92. The fourth-order valence-corrected chi connectivity index (χ4v) is 1.98. The van der Waals surface area contributed by atoms with Crippen LogP contribution in [0.4, 0.5) is 0 Å². The van der Waals surface area contributed by atoms with Gasteiger partial charge >= 0.3 is 5.97 Å². The van der Waals surface area contributed by atoms with Gasteiger partial charge in [-0.25, -0.2) is 0 Å². The van der Waals surface area contributed by atoms with Gasteiger partial charge in [0.1, 0.15) is 5.58 Å². The van der Waals surface area contributed by atoms with Gasteiger partial charge < -0.3 is 14.5 Å². The Morgan fingerprint density at radius 2 is 2.21 bits per heavy atom. The third-order valence-corrected chi connectivity index (χ3v) is 2.92. The van der Waals surface area contributed by atoms with Gasteiger partial charge in [-0.3, -0.25) is 4.79 Å². The number of para-hydroxylation sites is 1. The van der Waals surface area contributed by atoms with Crippen molar-refractivity contribution in [3.8, 4) is 0 Å². The second-order valence-corrected chi connectivity index (χ2v) is 4.34. The molecule has 0 unspecified atom stereocenters. The first-order chi connectivity index (χ1) is 9.31. The Kier molecular flexibility index (Phi) is 4.98. The Balaban J connectivity index is 1.73. The van der Waals surface area contributed by atoms with E-state index in [2.05, 4.69) is 11.4 Å². The normalized spacial score (nSPS) is 10.8. The summed E-state index contributed by atoms with van der Waals surface area (Å²) in [4.78, 5) is 11.1. The Hall–Kier alpha value is -1.81. The lowest BCUT2D eigenvalue weighted by atomic mass is 10.2. The first-order valence-electron chi connectivity index (χ1n) is 6.62. The molecule has 1 aromatic heterocycles. The number of furan rings is 1. The molecule has 1 aromatic carbocycles. The van der Waals surface area contributed by atoms with Gasteiger partial charge in [0, 0.05) is 23.9 Å². The first kappa shape index (κ1) is 13.6. The molecule has 0 radical (unpaired) electrons. The van der Waals surface area contributed by atoms with Gasteiger partial charge in [-0.15, -0.1) is 0 Å². The molecule has 0 aliphatic rings. The van der Waals surface area contributed by atoms with Crippen LogP contribution < -0.4 is 5.32 Å². The lowest BCUT2D eigenvalue weighted by Gasteiger charge is -2.03. The topological polar surface area (TPSA) is 51.5 Å². The highest BCUT2D eigenvalue weighted by Crippen LogP contribution is 2.20. The van der Waals surface area contributed by atoms with Crippen LogP contribution >= 0.6 is 0 Å². The summed E-state index contributed by atoms with van der Waals surface area (Å²) in [7, 11) is 0. The number of nitrogens with one attached hydrogen (secondary N) is 1. The number of hydrogen-bond acceptors (Lipinski definition) is 4. The molecule has 2 aromatic rings. The fourth-order valence-electron chi connectivity index (χ4n) is 1.98. The minimum atomic E-state index is -0.127. The molecular formula is C15H19NO3. The number of benzene rings is 1. The number of carbonyl (C=O) groups excluding carboxylic acids is 1. The monoisotopic (exact) mass is 261 g/mol. The van der Waals surface area contributed by atoms with Crippen LogP contribution in [0, 0.1) is 0 Å². The molecule has 0 atom stereocenters. The van der Waals surface area contributed by atoms with Gasteiger partial charge in [-0.1, -0.05) is 18.2 Å². The van der Waals surface area contributed by atoms with Crippen molar-refractivity contribution in [2.45, 2.75) is 26.3 Å². The van der Waals surface area contributed by atoms with Crippen LogP contribution in [0.2, 0.25) is 0 Å². The molecule has 19 heavy (non-hydrogen) atoms. The molecule has 4 nitrogen and oxygen atoms in total.